The molecule has 2 heteroatoms. The van der Waals surface area contributed by atoms with Crippen LogP contribution in [-0.4, -0.2) is 9.55 Å². The van der Waals surface area contributed by atoms with Crippen LogP contribution >= 0.6 is 0 Å². The number of hydrogen-bond acceptors (Lipinski definition) is 1. The smallest absolute Gasteiger partial charge is 0.121 e. The van der Waals surface area contributed by atoms with Crippen LogP contribution in [0.2, 0.25) is 0 Å². The van der Waals surface area contributed by atoms with E-state index >= 15 is 0 Å². The van der Waals surface area contributed by atoms with Crippen molar-refractivity contribution in [3.05, 3.63) is 162 Å². The summed E-state index contributed by atoms with van der Waals surface area (Å²) in [5.41, 5.74) is 5.54. The Hall–Kier alpha value is -3.91. The number of benzene rings is 4. The third-order valence-corrected chi connectivity index (χ3v) is 6.70. The molecule has 0 N–H and O–H groups in total. The highest BCUT2D eigenvalue weighted by molar-refractivity contribution is 5.51. The molecular weight excluding hydrogens is 412 g/mol. The zero-order valence-electron chi connectivity index (χ0n) is 19.6. The van der Waals surface area contributed by atoms with Crippen LogP contribution in [0.15, 0.2) is 134 Å². The Bertz CT molecular complexity index is 1200. The molecule has 0 saturated carbocycles. The van der Waals surface area contributed by atoms with Gasteiger partial charge in [0.25, 0.3) is 0 Å². The van der Waals surface area contributed by atoms with Gasteiger partial charge in [0.05, 0.1) is 12.0 Å². The van der Waals surface area contributed by atoms with Crippen molar-refractivity contribution in [3.63, 3.8) is 0 Å². The summed E-state index contributed by atoms with van der Waals surface area (Å²) in [5.74, 6) is 0.271. The molecule has 0 aliphatic heterocycles. The van der Waals surface area contributed by atoms with E-state index in [2.05, 4.69) is 139 Å². The Balaban J connectivity index is 1.75. The summed E-state index contributed by atoms with van der Waals surface area (Å²) in [6.07, 6.45) is 6.46. The summed E-state index contributed by atoms with van der Waals surface area (Å²) in [4.78, 5) is 5.02. The predicted molar refractivity (Wildman–Crippen MR) is 140 cm³/mol. The van der Waals surface area contributed by atoms with Gasteiger partial charge in [-0.2, -0.15) is 0 Å². The second-order valence-corrected chi connectivity index (χ2v) is 8.77. The van der Waals surface area contributed by atoms with E-state index in [1.807, 2.05) is 6.33 Å². The van der Waals surface area contributed by atoms with E-state index in [9.17, 15) is 0 Å². The Kier molecular flexibility index (Phi) is 6.40. The zero-order chi connectivity index (χ0) is 23.2. The van der Waals surface area contributed by atoms with Gasteiger partial charge < -0.3 is 4.57 Å². The molecule has 1 aromatic heterocycles. The minimum absolute atomic E-state index is 0.271. The summed E-state index contributed by atoms with van der Waals surface area (Å²) in [6.45, 7) is 2.25. The van der Waals surface area contributed by atoms with Gasteiger partial charge in [0.15, 0.2) is 0 Å². The predicted octanol–water partition coefficient (Wildman–Crippen LogP) is 7.66. The third kappa shape index (κ3) is 3.97. The van der Waals surface area contributed by atoms with Gasteiger partial charge in [-0.15, -0.1) is 0 Å². The average Bonchev–Trinajstić information content (AvgIpc) is 3.40. The first-order valence-corrected chi connectivity index (χ1v) is 12.1. The van der Waals surface area contributed by atoms with Crippen molar-refractivity contribution in [2.75, 3.05) is 0 Å². The van der Waals surface area contributed by atoms with Gasteiger partial charge in [0.1, 0.15) is 5.54 Å². The Morgan fingerprint density at radius 2 is 1.09 bits per heavy atom. The van der Waals surface area contributed by atoms with Crippen molar-refractivity contribution >= 4 is 0 Å². The fourth-order valence-electron chi connectivity index (χ4n) is 5.15. The highest BCUT2D eigenvalue weighted by Crippen LogP contribution is 2.41. The molecule has 0 spiro atoms. The summed E-state index contributed by atoms with van der Waals surface area (Å²) in [7, 11) is 0. The standard InChI is InChI=1S/C32H30N2/c1-2-15-30(26-16-7-3-8-17-26)31-24-34(25-33-31)32(27-18-9-4-10-19-27,28-20-11-5-12-21-28)29-22-13-6-14-23-29/h3-14,16-25,30H,2,15H2,1H3. The monoisotopic (exact) mass is 442 g/mol. The number of nitrogens with zero attached hydrogens (tertiary/aromatic N) is 2. The Morgan fingerprint density at radius 1 is 0.647 bits per heavy atom. The van der Waals surface area contributed by atoms with E-state index in [0.717, 1.165) is 18.5 Å². The van der Waals surface area contributed by atoms with Crippen LogP contribution in [0.5, 0.6) is 0 Å². The molecule has 5 aromatic rings. The van der Waals surface area contributed by atoms with Gasteiger partial charge in [0, 0.05) is 12.1 Å². The van der Waals surface area contributed by atoms with E-state index in [1.165, 1.54) is 22.3 Å². The van der Waals surface area contributed by atoms with Crippen LogP contribution in [0.3, 0.4) is 0 Å². The van der Waals surface area contributed by atoms with Crippen LogP contribution in [0.25, 0.3) is 0 Å². The molecule has 1 heterocycles. The fraction of sp³-hybridized carbons (Fsp3) is 0.156. The molecule has 0 aliphatic rings. The molecule has 2 nitrogen and oxygen atoms in total. The fourth-order valence-corrected chi connectivity index (χ4v) is 5.15. The van der Waals surface area contributed by atoms with E-state index in [0.29, 0.717) is 0 Å². The molecule has 0 bridgehead atoms. The molecule has 0 amide bonds. The minimum atomic E-state index is -0.525. The first-order chi connectivity index (χ1) is 16.8. The van der Waals surface area contributed by atoms with Crippen molar-refractivity contribution in [2.45, 2.75) is 31.2 Å². The topological polar surface area (TPSA) is 17.8 Å². The molecule has 0 saturated heterocycles. The lowest BCUT2D eigenvalue weighted by molar-refractivity contribution is 0.513. The number of imidazole rings is 1. The van der Waals surface area contributed by atoms with Crippen LogP contribution < -0.4 is 0 Å². The van der Waals surface area contributed by atoms with Gasteiger partial charge in [0.2, 0.25) is 0 Å². The quantitative estimate of drug-likeness (QED) is 0.226. The molecule has 1 atom stereocenters. The average molecular weight is 443 g/mol. The molecule has 0 radical (unpaired) electrons. The third-order valence-electron chi connectivity index (χ3n) is 6.70. The lowest BCUT2D eigenvalue weighted by Gasteiger charge is -2.37. The SMILES string of the molecule is CCCC(c1ccccc1)c1cn(C(c2ccccc2)(c2ccccc2)c2ccccc2)cn1. The summed E-state index contributed by atoms with van der Waals surface area (Å²) in [6, 6.07) is 43.1. The molecule has 0 aliphatic carbocycles. The number of aromatic nitrogens is 2. The maximum Gasteiger partial charge on any atom is 0.121 e. The zero-order valence-corrected chi connectivity index (χ0v) is 19.6. The first kappa shape index (κ1) is 21.9. The summed E-state index contributed by atoms with van der Waals surface area (Å²) in [5, 5.41) is 0. The number of rotatable bonds is 8. The maximum absolute atomic E-state index is 5.02. The van der Waals surface area contributed by atoms with Crippen molar-refractivity contribution in [1.82, 2.24) is 9.55 Å². The van der Waals surface area contributed by atoms with E-state index < -0.39 is 5.54 Å². The molecule has 5 rings (SSSR count). The second kappa shape index (κ2) is 9.93. The van der Waals surface area contributed by atoms with Crippen LogP contribution in [0.1, 0.15) is 53.6 Å². The maximum atomic E-state index is 5.02. The van der Waals surface area contributed by atoms with Crippen LogP contribution in [-0.2, 0) is 5.54 Å². The molecular formula is C32H30N2. The molecule has 34 heavy (non-hydrogen) atoms. The van der Waals surface area contributed by atoms with Crippen molar-refractivity contribution in [1.29, 1.82) is 0 Å². The van der Waals surface area contributed by atoms with Gasteiger partial charge >= 0.3 is 0 Å². The van der Waals surface area contributed by atoms with E-state index in [4.69, 9.17) is 4.98 Å². The van der Waals surface area contributed by atoms with Crippen molar-refractivity contribution < 1.29 is 0 Å². The molecule has 1 unspecified atom stereocenters. The van der Waals surface area contributed by atoms with E-state index in [1.54, 1.807) is 0 Å². The largest absolute Gasteiger partial charge is 0.319 e. The highest BCUT2D eigenvalue weighted by Gasteiger charge is 2.38. The lowest BCUT2D eigenvalue weighted by Crippen LogP contribution is -2.37. The summed E-state index contributed by atoms with van der Waals surface area (Å²) >= 11 is 0. The Labute approximate surface area is 202 Å². The minimum Gasteiger partial charge on any atom is -0.319 e. The Morgan fingerprint density at radius 3 is 1.53 bits per heavy atom. The molecule has 0 fully saturated rings. The normalized spacial score (nSPS) is 12.4. The van der Waals surface area contributed by atoms with Gasteiger partial charge in [-0.1, -0.05) is 135 Å². The van der Waals surface area contributed by atoms with Gasteiger partial charge in [-0.3, -0.25) is 0 Å². The van der Waals surface area contributed by atoms with E-state index in [-0.39, 0.29) is 5.92 Å². The van der Waals surface area contributed by atoms with Crippen LogP contribution in [0.4, 0.5) is 0 Å². The summed E-state index contributed by atoms with van der Waals surface area (Å²) < 4.78 is 2.31. The highest BCUT2D eigenvalue weighted by atomic mass is 15.1. The van der Waals surface area contributed by atoms with Crippen LogP contribution in [0, 0.1) is 0 Å². The van der Waals surface area contributed by atoms with Crippen molar-refractivity contribution in [2.24, 2.45) is 0 Å². The van der Waals surface area contributed by atoms with Gasteiger partial charge in [-0.05, 0) is 28.7 Å². The van der Waals surface area contributed by atoms with Gasteiger partial charge in [-0.25, -0.2) is 4.98 Å². The lowest BCUT2D eigenvalue weighted by atomic mass is 9.76. The van der Waals surface area contributed by atoms with Crippen molar-refractivity contribution in [3.8, 4) is 0 Å². The molecule has 168 valence electrons. The second-order valence-electron chi connectivity index (χ2n) is 8.77. The number of hydrogen-bond donors (Lipinski definition) is 0. The first-order valence-electron chi connectivity index (χ1n) is 12.1. The molecule has 4 aromatic carbocycles.